The van der Waals surface area contributed by atoms with Crippen LogP contribution in [0.25, 0.3) is 0 Å². The van der Waals surface area contributed by atoms with Crippen LogP contribution >= 0.6 is 0 Å². The van der Waals surface area contributed by atoms with E-state index in [-0.39, 0.29) is 6.04 Å². The molecule has 0 spiro atoms. The fourth-order valence-electron chi connectivity index (χ4n) is 4.45. The van der Waals surface area contributed by atoms with Crippen molar-refractivity contribution in [1.29, 1.82) is 0 Å². The molecule has 2 N–H and O–H groups in total. The molecule has 4 heteroatoms. The normalized spacial score (nSPS) is 38.8. The quantitative estimate of drug-likeness (QED) is 0.835. The molecule has 4 atom stereocenters. The van der Waals surface area contributed by atoms with Crippen molar-refractivity contribution in [2.45, 2.75) is 70.0 Å². The third-order valence-corrected chi connectivity index (χ3v) is 5.85. The van der Waals surface area contributed by atoms with E-state index < -0.39 is 0 Å². The number of carbonyl (C=O) groups excluding carboxylic acids is 1. The maximum Gasteiger partial charge on any atom is 0.237 e. The molecule has 2 heterocycles. The predicted molar refractivity (Wildman–Crippen MR) is 80.3 cm³/mol. The lowest BCUT2D eigenvalue weighted by molar-refractivity contribution is -0.139. The molecule has 1 aliphatic carbocycles. The summed E-state index contributed by atoms with van der Waals surface area (Å²) in [7, 11) is 0. The van der Waals surface area contributed by atoms with E-state index in [1.165, 1.54) is 38.5 Å². The van der Waals surface area contributed by atoms with Crippen molar-refractivity contribution in [3.05, 3.63) is 0 Å². The van der Waals surface area contributed by atoms with E-state index in [2.05, 4.69) is 16.7 Å². The SMILES string of the molecule is CC1C(N)CCN1CC(=O)N1CCCC2CCCCC21. The van der Waals surface area contributed by atoms with Crippen LogP contribution in [0.5, 0.6) is 0 Å². The van der Waals surface area contributed by atoms with Gasteiger partial charge in [0.05, 0.1) is 6.54 Å². The van der Waals surface area contributed by atoms with Crippen molar-refractivity contribution < 1.29 is 4.79 Å². The first-order valence-electron chi connectivity index (χ1n) is 8.46. The van der Waals surface area contributed by atoms with Crippen molar-refractivity contribution in [3.63, 3.8) is 0 Å². The number of nitrogens with zero attached hydrogens (tertiary/aromatic N) is 2. The number of rotatable bonds is 2. The van der Waals surface area contributed by atoms with Gasteiger partial charge in [-0.25, -0.2) is 0 Å². The van der Waals surface area contributed by atoms with Crippen molar-refractivity contribution >= 4 is 5.91 Å². The first kappa shape index (κ1) is 14.3. The number of hydrogen-bond donors (Lipinski definition) is 1. The summed E-state index contributed by atoms with van der Waals surface area (Å²) in [5.41, 5.74) is 6.06. The van der Waals surface area contributed by atoms with Gasteiger partial charge in [-0.2, -0.15) is 0 Å². The molecule has 4 unspecified atom stereocenters. The molecule has 20 heavy (non-hydrogen) atoms. The van der Waals surface area contributed by atoms with E-state index in [4.69, 9.17) is 5.73 Å². The number of piperidine rings is 1. The van der Waals surface area contributed by atoms with Crippen LogP contribution < -0.4 is 5.73 Å². The molecule has 0 radical (unpaired) electrons. The molecule has 2 saturated heterocycles. The number of fused-ring (bicyclic) bond motifs is 1. The number of amides is 1. The van der Waals surface area contributed by atoms with E-state index in [9.17, 15) is 4.79 Å². The van der Waals surface area contributed by atoms with Gasteiger partial charge in [0.25, 0.3) is 0 Å². The van der Waals surface area contributed by atoms with Crippen LogP contribution in [0.1, 0.15) is 51.9 Å². The zero-order valence-electron chi connectivity index (χ0n) is 12.8. The van der Waals surface area contributed by atoms with Crippen LogP contribution in [0.3, 0.4) is 0 Å². The second-order valence-corrected chi connectivity index (χ2v) is 7.00. The summed E-state index contributed by atoms with van der Waals surface area (Å²) in [6.45, 7) is 4.70. The van der Waals surface area contributed by atoms with Crippen molar-refractivity contribution in [2.75, 3.05) is 19.6 Å². The van der Waals surface area contributed by atoms with Crippen molar-refractivity contribution in [2.24, 2.45) is 11.7 Å². The average molecular weight is 279 g/mol. The van der Waals surface area contributed by atoms with Gasteiger partial charge in [-0.3, -0.25) is 9.69 Å². The minimum Gasteiger partial charge on any atom is -0.338 e. The van der Waals surface area contributed by atoms with Gasteiger partial charge >= 0.3 is 0 Å². The van der Waals surface area contributed by atoms with Gasteiger partial charge in [0.15, 0.2) is 0 Å². The highest BCUT2D eigenvalue weighted by molar-refractivity contribution is 5.79. The Hall–Kier alpha value is -0.610. The summed E-state index contributed by atoms with van der Waals surface area (Å²) in [4.78, 5) is 17.2. The Balaban J connectivity index is 1.61. The predicted octanol–water partition coefficient (Wildman–Crippen LogP) is 1.59. The first-order valence-corrected chi connectivity index (χ1v) is 8.46. The van der Waals surface area contributed by atoms with Gasteiger partial charge in [0, 0.05) is 31.2 Å². The fraction of sp³-hybridized carbons (Fsp3) is 0.938. The monoisotopic (exact) mass is 279 g/mol. The smallest absolute Gasteiger partial charge is 0.237 e. The molecule has 114 valence electrons. The summed E-state index contributed by atoms with van der Waals surface area (Å²) in [5.74, 6) is 1.13. The maximum atomic E-state index is 12.7. The van der Waals surface area contributed by atoms with Gasteiger partial charge in [-0.05, 0) is 44.9 Å². The summed E-state index contributed by atoms with van der Waals surface area (Å²) in [5, 5.41) is 0. The van der Waals surface area contributed by atoms with Crippen LogP contribution in [0.4, 0.5) is 0 Å². The molecule has 0 bridgehead atoms. The lowest BCUT2D eigenvalue weighted by Gasteiger charge is -2.44. The van der Waals surface area contributed by atoms with Crippen LogP contribution in [-0.4, -0.2) is 53.5 Å². The Morgan fingerprint density at radius 3 is 2.60 bits per heavy atom. The Morgan fingerprint density at radius 2 is 1.85 bits per heavy atom. The second kappa shape index (κ2) is 6.02. The molecule has 0 aromatic rings. The average Bonchev–Trinajstić information content (AvgIpc) is 2.78. The Kier molecular flexibility index (Phi) is 4.32. The minimum absolute atomic E-state index is 0.242. The maximum absolute atomic E-state index is 12.7. The summed E-state index contributed by atoms with van der Waals surface area (Å²) < 4.78 is 0. The van der Waals surface area contributed by atoms with Gasteiger partial charge in [0.1, 0.15) is 0 Å². The highest BCUT2D eigenvalue weighted by atomic mass is 16.2. The van der Waals surface area contributed by atoms with Gasteiger partial charge < -0.3 is 10.6 Å². The van der Waals surface area contributed by atoms with Crippen LogP contribution in [0, 0.1) is 5.92 Å². The fourth-order valence-corrected chi connectivity index (χ4v) is 4.45. The van der Waals surface area contributed by atoms with E-state index in [0.29, 0.717) is 24.5 Å². The van der Waals surface area contributed by atoms with Gasteiger partial charge in [-0.15, -0.1) is 0 Å². The number of hydrogen-bond acceptors (Lipinski definition) is 3. The number of likely N-dealkylation sites (tertiary alicyclic amines) is 2. The van der Waals surface area contributed by atoms with E-state index in [0.717, 1.165) is 25.4 Å². The standard InChI is InChI=1S/C16H29N3O/c1-12-14(17)8-10-18(12)11-16(20)19-9-4-6-13-5-2-3-7-15(13)19/h12-15H,2-11,17H2,1H3. The Bertz CT molecular complexity index is 358. The molecule has 3 fully saturated rings. The van der Waals surface area contributed by atoms with Gasteiger partial charge in [0.2, 0.25) is 5.91 Å². The van der Waals surface area contributed by atoms with E-state index >= 15 is 0 Å². The van der Waals surface area contributed by atoms with Gasteiger partial charge in [-0.1, -0.05) is 12.8 Å². The summed E-state index contributed by atoms with van der Waals surface area (Å²) in [6.07, 6.45) is 8.78. The Labute approximate surface area is 122 Å². The molecule has 2 aliphatic heterocycles. The minimum atomic E-state index is 0.242. The molecule has 0 aromatic heterocycles. The molecule has 1 amide bonds. The lowest BCUT2D eigenvalue weighted by atomic mass is 9.78. The lowest BCUT2D eigenvalue weighted by Crippen LogP contribution is -2.53. The topological polar surface area (TPSA) is 49.6 Å². The second-order valence-electron chi connectivity index (χ2n) is 7.00. The third-order valence-electron chi connectivity index (χ3n) is 5.85. The highest BCUT2D eigenvalue weighted by Gasteiger charge is 2.37. The van der Waals surface area contributed by atoms with Crippen LogP contribution in [0.2, 0.25) is 0 Å². The van der Waals surface area contributed by atoms with E-state index in [1.807, 2.05) is 0 Å². The molecule has 3 aliphatic rings. The zero-order chi connectivity index (χ0) is 14.1. The number of carbonyl (C=O) groups is 1. The largest absolute Gasteiger partial charge is 0.338 e. The molecule has 4 nitrogen and oxygen atoms in total. The molecule has 1 saturated carbocycles. The number of nitrogens with two attached hydrogens (primary N) is 1. The van der Waals surface area contributed by atoms with Crippen LogP contribution in [-0.2, 0) is 4.79 Å². The van der Waals surface area contributed by atoms with Crippen molar-refractivity contribution in [1.82, 2.24) is 9.80 Å². The highest BCUT2D eigenvalue weighted by Crippen LogP contribution is 2.35. The first-order chi connectivity index (χ1) is 9.66. The molecule has 0 aromatic carbocycles. The molecular weight excluding hydrogens is 250 g/mol. The van der Waals surface area contributed by atoms with Crippen LogP contribution in [0.15, 0.2) is 0 Å². The van der Waals surface area contributed by atoms with E-state index in [1.54, 1.807) is 0 Å². The third kappa shape index (κ3) is 2.73. The molecule has 3 rings (SSSR count). The summed E-state index contributed by atoms with van der Waals surface area (Å²) in [6, 6.07) is 1.13. The summed E-state index contributed by atoms with van der Waals surface area (Å²) >= 11 is 0. The van der Waals surface area contributed by atoms with Crippen molar-refractivity contribution in [3.8, 4) is 0 Å². The zero-order valence-corrected chi connectivity index (χ0v) is 12.8. The molecular formula is C16H29N3O. The Morgan fingerprint density at radius 1 is 1.10 bits per heavy atom.